The number of fused-ring (bicyclic) bond motifs is 5. The van der Waals surface area contributed by atoms with Crippen molar-refractivity contribution in [2.75, 3.05) is 0 Å². The fraction of sp³-hybridized carbons (Fsp3) is 0.640. The van der Waals surface area contributed by atoms with E-state index in [2.05, 4.69) is 15.9 Å². The lowest BCUT2D eigenvalue weighted by Gasteiger charge is -2.61. The first kappa shape index (κ1) is 27.7. The minimum atomic E-state index is -2.71. The van der Waals surface area contributed by atoms with Crippen molar-refractivity contribution in [3.8, 4) is 0 Å². The topological polar surface area (TPSA) is 166 Å². The summed E-state index contributed by atoms with van der Waals surface area (Å²) in [6, 6.07) is 0. The highest BCUT2D eigenvalue weighted by atomic mass is 79.9. The van der Waals surface area contributed by atoms with Crippen LogP contribution in [0.2, 0.25) is 0 Å². The van der Waals surface area contributed by atoms with E-state index >= 15 is 8.78 Å². The Labute approximate surface area is 218 Å². The van der Waals surface area contributed by atoms with Crippen molar-refractivity contribution < 1.29 is 53.2 Å². The quantitative estimate of drug-likeness (QED) is 0.363. The van der Waals surface area contributed by atoms with Crippen molar-refractivity contribution in [1.29, 1.82) is 0 Å². The van der Waals surface area contributed by atoms with Crippen LogP contribution in [0.4, 0.5) is 8.78 Å². The number of alkyl halides is 2. The Balaban J connectivity index is 1.89. The monoisotopic (exact) mass is 588 g/mol. The molecular weight excluding hydrogens is 562 g/mol. The second-order valence-electron chi connectivity index (χ2n) is 11.0. The minimum Gasteiger partial charge on any atom is -0.481 e. The van der Waals surface area contributed by atoms with Gasteiger partial charge in [-0.3, -0.25) is 19.2 Å². The fourth-order valence-electron chi connectivity index (χ4n) is 7.80. The standard InChI is InChI=1S/C25H27BrF2O9/c1-22-9-17(31)25(28)11(5-14(27)12-6-15(29)13(26)8-23(12,25)2)10(22)3-4-24(22,20(35)21(36)37)19(34)16(30)7-18(32)33/h6,8,10-11,14,16,20,30,35H,3-5,7,9H2,1-2H3,(H,32,33)(H,36,37)/t10-,11-,14+,16?,20?,22-,23-,24+,25-/m0/s1. The summed E-state index contributed by atoms with van der Waals surface area (Å²) < 4.78 is 32.8. The fourth-order valence-corrected chi connectivity index (χ4v) is 8.38. The Bertz CT molecular complexity index is 1180. The third-order valence-electron chi connectivity index (χ3n) is 9.52. The largest absolute Gasteiger partial charge is 0.481 e. The molecule has 4 aliphatic carbocycles. The van der Waals surface area contributed by atoms with Crippen LogP contribution in [0, 0.1) is 28.1 Å². The van der Waals surface area contributed by atoms with E-state index in [0.717, 1.165) is 6.08 Å². The molecule has 2 unspecified atom stereocenters. The van der Waals surface area contributed by atoms with Gasteiger partial charge in [-0.25, -0.2) is 13.6 Å². The molecule has 0 saturated heterocycles. The molecule has 0 aromatic heterocycles. The zero-order valence-corrected chi connectivity index (χ0v) is 21.6. The summed E-state index contributed by atoms with van der Waals surface area (Å²) in [5.74, 6) is -8.60. The van der Waals surface area contributed by atoms with Crippen molar-refractivity contribution in [3.63, 3.8) is 0 Å². The summed E-state index contributed by atoms with van der Waals surface area (Å²) >= 11 is 3.05. The highest BCUT2D eigenvalue weighted by Gasteiger charge is 2.77. The predicted molar refractivity (Wildman–Crippen MR) is 125 cm³/mol. The molecule has 37 heavy (non-hydrogen) atoms. The van der Waals surface area contributed by atoms with Gasteiger partial charge >= 0.3 is 11.9 Å². The molecule has 12 heteroatoms. The van der Waals surface area contributed by atoms with Crippen LogP contribution in [0.5, 0.6) is 0 Å². The van der Waals surface area contributed by atoms with Gasteiger partial charge in [0.05, 0.1) is 21.7 Å². The molecule has 4 aliphatic rings. The van der Waals surface area contributed by atoms with E-state index in [9.17, 15) is 39.3 Å². The second-order valence-corrected chi connectivity index (χ2v) is 11.9. The van der Waals surface area contributed by atoms with Gasteiger partial charge in [0.15, 0.2) is 29.1 Å². The molecule has 9 nitrogen and oxygen atoms in total. The Morgan fingerprint density at radius 2 is 1.78 bits per heavy atom. The average molecular weight is 589 g/mol. The molecule has 0 spiro atoms. The molecule has 0 aromatic carbocycles. The molecule has 0 bridgehead atoms. The molecule has 4 rings (SSSR count). The molecule has 0 amide bonds. The number of allylic oxidation sites excluding steroid dienone is 4. The number of Topliss-reactive ketones (excluding diaryl/α,β-unsaturated/α-hetero) is 2. The number of aliphatic carboxylic acids is 2. The van der Waals surface area contributed by atoms with Gasteiger partial charge in [-0.05, 0) is 65.1 Å². The maximum atomic E-state index is 17.2. The number of ketones is 3. The SMILES string of the molecule is C[C@]12C=C(Br)C(=O)C=C1[C@H](F)C[C@H]1[C@@H]3CC[C@@](C(=O)C(O)CC(=O)O)(C(O)C(=O)O)[C@@]3(C)CC(=O)[C@@]12F. The normalized spacial score (nSPS) is 42.5. The third-order valence-corrected chi connectivity index (χ3v) is 10.1. The smallest absolute Gasteiger partial charge is 0.333 e. The van der Waals surface area contributed by atoms with Gasteiger partial charge in [0.2, 0.25) is 0 Å². The maximum Gasteiger partial charge on any atom is 0.333 e. The molecule has 202 valence electrons. The van der Waals surface area contributed by atoms with Crippen LogP contribution >= 0.6 is 15.9 Å². The predicted octanol–water partition coefficient (Wildman–Crippen LogP) is 2.07. The average Bonchev–Trinajstić information content (AvgIpc) is 3.09. The Morgan fingerprint density at radius 3 is 2.35 bits per heavy atom. The van der Waals surface area contributed by atoms with Crippen LogP contribution in [-0.2, 0) is 24.0 Å². The van der Waals surface area contributed by atoms with E-state index in [0.29, 0.717) is 0 Å². The van der Waals surface area contributed by atoms with Gasteiger partial charge in [-0.15, -0.1) is 0 Å². The van der Waals surface area contributed by atoms with Crippen LogP contribution in [-0.4, -0.2) is 73.8 Å². The molecule has 0 heterocycles. The Hall–Kier alpha value is -2.31. The number of hydrogen-bond acceptors (Lipinski definition) is 7. The lowest BCUT2D eigenvalue weighted by atomic mass is 9.43. The minimum absolute atomic E-state index is 0.0428. The van der Waals surface area contributed by atoms with Crippen LogP contribution in [0.3, 0.4) is 0 Å². The maximum absolute atomic E-state index is 17.2. The van der Waals surface area contributed by atoms with E-state index in [1.165, 1.54) is 19.9 Å². The number of carbonyl (C=O) groups is 5. The Morgan fingerprint density at radius 1 is 1.16 bits per heavy atom. The van der Waals surface area contributed by atoms with E-state index in [4.69, 9.17) is 5.11 Å². The van der Waals surface area contributed by atoms with E-state index in [-0.39, 0.29) is 22.9 Å². The summed E-state index contributed by atoms with van der Waals surface area (Å²) in [5, 5.41) is 40.0. The van der Waals surface area contributed by atoms with Gasteiger partial charge in [0.25, 0.3) is 0 Å². The summed E-state index contributed by atoms with van der Waals surface area (Å²) in [4.78, 5) is 62.6. The van der Waals surface area contributed by atoms with Crippen LogP contribution in [0.15, 0.2) is 22.2 Å². The highest BCUT2D eigenvalue weighted by Crippen LogP contribution is 2.72. The van der Waals surface area contributed by atoms with Crippen molar-refractivity contribution in [1.82, 2.24) is 0 Å². The highest BCUT2D eigenvalue weighted by molar-refractivity contribution is 9.12. The zero-order chi connectivity index (χ0) is 27.9. The third kappa shape index (κ3) is 3.40. The van der Waals surface area contributed by atoms with Crippen LogP contribution in [0.25, 0.3) is 0 Å². The molecule has 0 aromatic rings. The number of carbonyl (C=O) groups excluding carboxylic acids is 3. The Kier molecular flexibility index (Phi) is 6.44. The number of rotatable bonds is 6. The molecule has 3 saturated carbocycles. The number of carboxylic acids is 2. The summed E-state index contributed by atoms with van der Waals surface area (Å²) in [6.07, 6.45) is -7.06. The molecule has 0 radical (unpaired) electrons. The van der Waals surface area contributed by atoms with Crippen molar-refractivity contribution in [2.45, 2.75) is 70.0 Å². The van der Waals surface area contributed by atoms with E-state index < -0.39 is 101 Å². The number of hydrogen-bond donors (Lipinski definition) is 4. The van der Waals surface area contributed by atoms with Crippen LogP contribution in [0.1, 0.15) is 46.0 Å². The number of aliphatic hydroxyl groups excluding tert-OH is 2. The van der Waals surface area contributed by atoms with Gasteiger partial charge < -0.3 is 20.4 Å². The molecule has 9 atom stereocenters. The van der Waals surface area contributed by atoms with Gasteiger partial charge in [-0.1, -0.05) is 13.0 Å². The number of aliphatic hydroxyl groups is 2. The lowest BCUT2D eigenvalue weighted by molar-refractivity contribution is -0.193. The van der Waals surface area contributed by atoms with Crippen molar-refractivity contribution in [2.24, 2.45) is 28.1 Å². The first-order chi connectivity index (χ1) is 17.0. The second kappa shape index (κ2) is 8.60. The van der Waals surface area contributed by atoms with Gasteiger partial charge in [0.1, 0.15) is 12.3 Å². The van der Waals surface area contributed by atoms with Crippen LogP contribution < -0.4 is 0 Å². The van der Waals surface area contributed by atoms with Gasteiger partial charge in [-0.2, -0.15) is 0 Å². The number of carboxylic acid groups (broad SMARTS) is 2. The lowest BCUT2D eigenvalue weighted by Crippen LogP contribution is -2.69. The van der Waals surface area contributed by atoms with E-state index in [1.807, 2.05) is 0 Å². The number of halogens is 3. The summed E-state index contributed by atoms with van der Waals surface area (Å²) in [5.41, 5.74) is -8.79. The first-order valence-electron chi connectivity index (χ1n) is 11.8. The van der Waals surface area contributed by atoms with Gasteiger partial charge in [0, 0.05) is 12.3 Å². The summed E-state index contributed by atoms with van der Waals surface area (Å²) in [7, 11) is 0. The van der Waals surface area contributed by atoms with Crippen molar-refractivity contribution >= 4 is 45.2 Å². The van der Waals surface area contributed by atoms with E-state index in [1.54, 1.807) is 0 Å². The molecule has 4 N–H and O–H groups in total. The molecular formula is C25H27BrF2O9. The zero-order valence-electron chi connectivity index (χ0n) is 20.0. The molecule has 3 fully saturated rings. The van der Waals surface area contributed by atoms with Crippen molar-refractivity contribution in [3.05, 3.63) is 22.2 Å². The first-order valence-corrected chi connectivity index (χ1v) is 12.6. The summed E-state index contributed by atoms with van der Waals surface area (Å²) in [6.45, 7) is 2.67. The molecule has 0 aliphatic heterocycles.